The van der Waals surface area contributed by atoms with E-state index in [-0.39, 0.29) is 23.5 Å². The normalized spacial score (nSPS) is 25.9. The van der Waals surface area contributed by atoms with E-state index in [4.69, 9.17) is 52.8 Å². The molecule has 4 fully saturated rings. The highest BCUT2D eigenvalue weighted by atomic mass is 35.5. The van der Waals surface area contributed by atoms with E-state index in [1.165, 1.54) is 37.8 Å². The molecule has 12 rings (SSSR count). The van der Waals surface area contributed by atoms with Crippen molar-refractivity contribution in [1.82, 2.24) is 49.9 Å². The Morgan fingerprint density at radius 1 is 0.543 bits per heavy atom. The van der Waals surface area contributed by atoms with Crippen LogP contribution in [0, 0.1) is 47.1 Å². The number of anilines is 2. The second-order valence-electron chi connectivity index (χ2n) is 20.4. The Kier molecular flexibility index (Phi) is 13.6. The van der Waals surface area contributed by atoms with Gasteiger partial charge >= 0.3 is 0 Å². The fourth-order valence-corrected chi connectivity index (χ4v) is 13.3. The molecule has 368 valence electrons. The van der Waals surface area contributed by atoms with Crippen LogP contribution in [0.2, 0.25) is 10.0 Å². The Balaban J connectivity index is 0.000000152. The highest BCUT2D eigenvalue weighted by Crippen LogP contribution is 2.47. The average molecular weight is 994 g/mol. The number of benzene rings is 2. The molecule has 70 heavy (non-hydrogen) atoms. The lowest BCUT2D eigenvalue weighted by molar-refractivity contribution is 0.265. The number of rotatable bonds is 10. The van der Waals surface area contributed by atoms with E-state index in [1.807, 2.05) is 36.7 Å². The van der Waals surface area contributed by atoms with Crippen molar-refractivity contribution in [3.8, 4) is 11.8 Å². The van der Waals surface area contributed by atoms with Crippen molar-refractivity contribution >= 4 is 34.6 Å². The summed E-state index contributed by atoms with van der Waals surface area (Å²) < 4.78 is 42.9. The molecule has 4 aromatic heterocycles. The summed E-state index contributed by atoms with van der Waals surface area (Å²) in [5, 5.41) is 27.0. The third-order valence-corrected chi connectivity index (χ3v) is 16.6. The van der Waals surface area contributed by atoms with Crippen molar-refractivity contribution in [3.63, 3.8) is 0 Å². The van der Waals surface area contributed by atoms with Crippen LogP contribution in [-0.4, -0.2) is 90.3 Å². The summed E-state index contributed by atoms with van der Waals surface area (Å²) in [6.07, 6.45) is 16.5. The van der Waals surface area contributed by atoms with Gasteiger partial charge in [0.2, 0.25) is 11.8 Å². The van der Waals surface area contributed by atoms with Crippen molar-refractivity contribution in [2.75, 3.05) is 50.2 Å². The number of aromatic nitrogens is 10. The molecule has 14 nitrogen and oxygen atoms in total. The predicted molar refractivity (Wildman–Crippen MR) is 263 cm³/mol. The highest BCUT2D eigenvalue weighted by Gasteiger charge is 2.44. The van der Waals surface area contributed by atoms with Gasteiger partial charge in [-0.05, 0) is 134 Å². The van der Waals surface area contributed by atoms with E-state index in [1.54, 1.807) is 26.4 Å². The van der Waals surface area contributed by atoms with Gasteiger partial charge in [0.05, 0.1) is 38.0 Å². The largest absolute Gasteiger partial charge is 0.480 e. The smallest absolute Gasteiger partial charge is 0.235 e. The van der Waals surface area contributed by atoms with Crippen LogP contribution in [0.3, 0.4) is 0 Å². The summed E-state index contributed by atoms with van der Waals surface area (Å²) in [7, 11) is 3.24. The van der Waals surface area contributed by atoms with E-state index in [9.17, 15) is 8.78 Å². The van der Waals surface area contributed by atoms with Crippen LogP contribution >= 0.6 is 23.2 Å². The molecule has 0 spiro atoms. The first-order chi connectivity index (χ1) is 34.1. The van der Waals surface area contributed by atoms with Crippen molar-refractivity contribution in [2.24, 2.45) is 35.5 Å². The Hall–Kier alpha value is -5.48. The summed E-state index contributed by atoms with van der Waals surface area (Å²) >= 11 is 12.4. The SMILES string of the molecule is COc1cc(N2C[C@H]3CC[C@@H](C2)C3Cc2nc3n(n2)CCCC[C@@H]3c2cc(F)cc(Cl)c2)cnn1.COc1cc(N2C[C@H]3CC[C@@H](C2)C3Cc2nc3n(n2)CCCC[C@H]3c2cc(F)cc(Cl)c2)cnn1. The van der Waals surface area contributed by atoms with Crippen LogP contribution in [0.25, 0.3) is 0 Å². The van der Waals surface area contributed by atoms with Crippen molar-refractivity contribution in [1.29, 1.82) is 0 Å². The molecule has 2 aromatic carbocycles. The monoisotopic (exact) mass is 992 g/mol. The van der Waals surface area contributed by atoms with Crippen molar-refractivity contribution < 1.29 is 18.3 Å². The Labute approximate surface area is 417 Å². The summed E-state index contributed by atoms with van der Waals surface area (Å²) in [5.41, 5.74) is 3.95. The van der Waals surface area contributed by atoms with Gasteiger partial charge in [0, 0.05) is 86.1 Å². The number of methoxy groups -OCH3 is 2. The van der Waals surface area contributed by atoms with Crippen LogP contribution in [0.15, 0.2) is 60.9 Å². The Morgan fingerprint density at radius 2 is 0.957 bits per heavy atom. The topological polar surface area (TPSA) is 138 Å². The fourth-order valence-electron chi connectivity index (χ4n) is 12.9. The van der Waals surface area contributed by atoms with E-state index in [0.29, 0.717) is 57.3 Å². The number of nitrogens with zero attached hydrogens (tertiary/aromatic N) is 12. The number of ether oxygens (including phenoxy) is 2. The zero-order valence-corrected chi connectivity index (χ0v) is 41.3. The van der Waals surface area contributed by atoms with Crippen molar-refractivity contribution in [3.05, 3.63) is 117 Å². The third kappa shape index (κ3) is 9.91. The Bertz CT molecular complexity index is 2560. The molecule has 0 N–H and O–H groups in total. The van der Waals surface area contributed by atoms with Gasteiger partial charge in [0.25, 0.3) is 0 Å². The molecule has 0 radical (unpaired) electrons. The maximum atomic E-state index is 14.1. The average Bonchev–Trinajstić information content (AvgIpc) is 3.96. The van der Waals surface area contributed by atoms with Gasteiger partial charge in [-0.15, -0.1) is 10.2 Å². The van der Waals surface area contributed by atoms with Crippen LogP contribution in [-0.2, 0) is 25.9 Å². The third-order valence-electron chi connectivity index (χ3n) is 16.2. The molecular formula is C52H60Cl2F2N12O2. The summed E-state index contributed by atoms with van der Waals surface area (Å²) in [6, 6.07) is 13.6. The molecule has 2 saturated carbocycles. The first kappa shape index (κ1) is 46.9. The summed E-state index contributed by atoms with van der Waals surface area (Å²) in [5.74, 6) is 7.91. The molecule has 6 aliphatic rings. The molecule has 8 atom stereocenters. The summed E-state index contributed by atoms with van der Waals surface area (Å²) in [4.78, 5) is 15.0. The van der Waals surface area contributed by atoms with E-state index < -0.39 is 0 Å². The lowest BCUT2D eigenvalue weighted by Gasteiger charge is -2.38. The quantitative estimate of drug-likeness (QED) is 0.129. The first-order valence-electron chi connectivity index (χ1n) is 25.2. The maximum absolute atomic E-state index is 14.1. The van der Waals surface area contributed by atoms with Gasteiger partial charge in [-0.25, -0.2) is 28.1 Å². The van der Waals surface area contributed by atoms with Crippen molar-refractivity contribution in [2.45, 2.75) is 102 Å². The number of halogens is 4. The zero-order chi connectivity index (χ0) is 47.9. The standard InChI is InChI=1S/2C26H30ClFN6O/c2*1-35-25-11-21(13-29-31-25)33-14-16-5-6-17(15-33)23(16)12-24-30-26-22(4-2-3-7-34(26)32-24)18-8-19(27)10-20(28)9-18/h2*8-11,13,16-17,22-23H,2-7,12,14-15H2,1H3/t2*16-,17+,22-,23?/m10/s1. The maximum Gasteiger partial charge on any atom is 0.235 e. The van der Waals surface area contributed by atoms with Gasteiger partial charge in [0.1, 0.15) is 23.3 Å². The highest BCUT2D eigenvalue weighted by molar-refractivity contribution is 6.31. The molecular weight excluding hydrogens is 934 g/mol. The minimum absolute atomic E-state index is 0.0275. The zero-order valence-electron chi connectivity index (χ0n) is 39.8. The van der Waals surface area contributed by atoms with Crippen LogP contribution in [0.4, 0.5) is 20.2 Å². The van der Waals surface area contributed by atoms with Gasteiger partial charge in [-0.3, -0.25) is 0 Å². The molecule has 4 bridgehead atoms. The molecule has 2 unspecified atom stereocenters. The molecule has 8 heterocycles. The lowest BCUT2D eigenvalue weighted by atomic mass is 9.82. The second-order valence-corrected chi connectivity index (χ2v) is 21.2. The Morgan fingerprint density at radius 3 is 1.34 bits per heavy atom. The van der Waals surface area contributed by atoms with Gasteiger partial charge in [-0.2, -0.15) is 20.4 Å². The van der Waals surface area contributed by atoms with Crippen LogP contribution in [0.5, 0.6) is 11.8 Å². The van der Waals surface area contributed by atoms with Crippen LogP contribution < -0.4 is 19.3 Å². The van der Waals surface area contributed by atoms with E-state index in [0.717, 1.165) is 136 Å². The minimum atomic E-state index is -0.298. The molecule has 2 aliphatic carbocycles. The summed E-state index contributed by atoms with van der Waals surface area (Å²) in [6.45, 7) is 5.76. The molecule has 2 saturated heterocycles. The van der Waals surface area contributed by atoms with E-state index in [2.05, 4.69) is 39.6 Å². The van der Waals surface area contributed by atoms with Gasteiger partial charge in [0.15, 0.2) is 11.6 Å². The first-order valence-corrected chi connectivity index (χ1v) is 25.9. The van der Waals surface area contributed by atoms with Gasteiger partial charge < -0.3 is 19.3 Å². The molecule has 6 aromatic rings. The lowest BCUT2D eigenvalue weighted by Crippen LogP contribution is -2.42. The molecule has 18 heteroatoms. The molecule has 0 amide bonds. The number of piperidine rings is 2. The second kappa shape index (κ2) is 20.3. The predicted octanol–water partition coefficient (Wildman–Crippen LogP) is 9.78. The number of hydrogen-bond donors (Lipinski definition) is 0. The van der Waals surface area contributed by atoms with Gasteiger partial charge in [-0.1, -0.05) is 36.0 Å². The number of fused-ring (bicyclic) bond motifs is 6. The number of aryl methyl sites for hydroxylation is 2. The number of hydrogen-bond acceptors (Lipinski definition) is 12. The minimum Gasteiger partial charge on any atom is -0.480 e. The fraction of sp³-hybridized carbons (Fsp3) is 0.538. The van der Waals surface area contributed by atoms with Crippen LogP contribution in [0.1, 0.15) is 110 Å². The molecule has 4 aliphatic heterocycles. The van der Waals surface area contributed by atoms with E-state index >= 15 is 0 Å².